The van der Waals surface area contributed by atoms with Crippen LogP contribution in [-0.4, -0.2) is 35.1 Å². The summed E-state index contributed by atoms with van der Waals surface area (Å²) in [5, 5.41) is 14.3. The maximum absolute atomic E-state index is 11.7. The summed E-state index contributed by atoms with van der Waals surface area (Å²) in [6, 6.07) is 10.3. The number of hydrogen-bond acceptors (Lipinski definition) is 6. The number of rotatable bonds is 6. The van der Waals surface area contributed by atoms with Crippen molar-refractivity contribution in [1.82, 2.24) is 10.4 Å². The molecule has 0 aliphatic rings. The molecule has 0 spiro atoms. The van der Waals surface area contributed by atoms with Crippen LogP contribution in [0.1, 0.15) is 5.56 Å². The van der Waals surface area contributed by atoms with Gasteiger partial charge in [-0.05, 0) is 30.3 Å². The summed E-state index contributed by atoms with van der Waals surface area (Å²) < 4.78 is 5.05. The first kappa shape index (κ1) is 15.8. The van der Waals surface area contributed by atoms with Crippen LogP contribution in [-0.2, 0) is 4.79 Å². The monoisotopic (exact) mass is 317 g/mol. The molecule has 6 nitrogen and oxygen atoms in total. The van der Waals surface area contributed by atoms with Crippen LogP contribution in [0, 0.1) is 0 Å². The molecule has 0 aliphatic carbocycles. The number of hydrogen-bond donors (Lipinski definition) is 2. The standard InChI is InChI=1S/C15H15N3O3S/c1-21-12-5-6-13(19)11(8-12)9-17-18-14(20)10-22-15-4-2-3-7-16-15/h2-9,19H,10H2,1H3,(H,18,20)/b17-9-. The van der Waals surface area contributed by atoms with Crippen LogP contribution in [0.2, 0.25) is 0 Å². The summed E-state index contributed by atoms with van der Waals surface area (Å²) in [6.45, 7) is 0. The highest BCUT2D eigenvalue weighted by molar-refractivity contribution is 7.99. The highest BCUT2D eigenvalue weighted by atomic mass is 32.2. The number of phenols is 1. The Labute approximate surface area is 132 Å². The second-order valence-corrected chi connectivity index (χ2v) is 5.17. The summed E-state index contributed by atoms with van der Waals surface area (Å²) in [5.74, 6) is 0.602. The summed E-state index contributed by atoms with van der Waals surface area (Å²) in [6.07, 6.45) is 3.03. The van der Waals surface area contributed by atoms with Gasteiger partial charge in [0.1, 0.15) is 11.5 Å². The molecular formula is C15H15N3O3S. The zero-order valence-corrected chi connectivity index (χ0v) is 12.7. The van der Waals surface area contributed by atoms with Crippen molar-refractivity contribution in [1.29, 1.82) is 0 Å². The van der Waals surface area contributed by atoms with Gasteiger partial charge in [-0.25, -0.2) is 10.4 Å². The molecule has 0 radical (unpaired) electrons. The minimum atomic E-state index is -0.255. The molecule has 1 aromatic heterocycles. The van der Waals surface area contributed by atoms with Gasteiger partial charge in [-0.1, -0.05) is 17.8 Å². The molecule has 1 amide bonds. The van der Waals surface area contributed by atoms with Crippen molar-refractivity contribution in [2.75, 3.05) is 12.9 Å². The van der Waals surface area contributed by atoms with E-state index in [9.17, 15) is 9.90 Å². The third kappa shape index (κ3) is 4.78. The smallest absolute Gasteiger partial charge is 0.250 e. The zero-order valence-electron chi connectivity index (χ0n) is 11.9. The lowest BCUT2D eigenvalue weighted by Gasteiger charge is -2.03. The zero-order chi connectivity index (χ0) is 15.8. The van der Waals surface area contributed by atoms with Gasteiger partial charge in [0.05, 0.1) is 24.1 Å². The number of hydrazone groups is 1. The average molecular weight is 317 g/mol. The Hall–Kier alpha value is -2.54. The topological polar surface area (TPSA) is 83.8 Å². The van der Waals surface area contributed by atoms with E-state index in [-0.39, 0.29) is 17.4 Å². The molecule has 114 valence electrons. The predicted molar refractivity (Wildman–Crippen MR) is 85.4 cm³/mol. The Morgan fingerprint density at radius 2 is 2.32 bits per heavy atom. The Kier molecular flexibility index (Phi) is 5.79. The molecule has 7 heteroatoms. The molecule has 2 aromatic rings. The molecular weight excluding hydrogens is 302 g/mol. The molecule has 0 atom stereocenters. The molecule has 0 fully saturated rings. The minimum Gasteiger partial charge on any atom is -0.507 e. The molecule has 2 rings (SSSR count). The highest BCUT2D eigenvalue weighted by Crippen LogP contribution is 2.21. The van der Waals surface area contributed by atoms with E-state index in [0.29, 0.717) is 11.3 Å². The molecule has 22 heavy (non-hydrogen) atoms. The van der Waals surface area contributed by atoms with Gasteiger partial charge >= 0.3 is 0 Å². The van der Waals surface area contributed by atoms with E-state index < -0.39 is 0 Å². The average Bonchev–Trinajstić information content (AvgIpc) is 2.55. The number of thioether (sulfide) groups is 1. The number of carbonyl (C=O) groups excluding carboxylic acids is 1. The Morgan fingerprint density at radius 1 is 1.45 bits per heavy atom. The fraction of sp³-hybridized carbons (Fsp3) is 0.133. The van der Waals surface area contributed by atoms with E-state index in [0.717, 1.165) is 5.03 Å². The van der Waals surface area contributed by atoms with Gasteiger partial charge in [-0.3, -0.25) is 4.79 Å². The van der Waals surface area contributed by atoms with Gasteiger partial charge in [0.15, 0.2) is 0 Å². The number of carbonyl (C=O) groups is 1. The molecule has 1 heterocycles. The van der Waals surface area contributed by atoms with Crippen molar-refractivity contribution in [3.05, 3.63) is 48.2 Å². The van der Waals surface area contributed by atoms with Crippen molar-refractivity contribution in [2.45, 2.75) is 5.03 Å². The lowest BCUT2D eigenvalue weighted by atomic mass is 10.2. The second-order valence-electron chi connectivity index (χ2n) is 4.17. The first-order valence-corrected chi connectivity index (χ1v) is 7.40. The predicted octanol–water partition coefficient (Wildman–Crippen LogP) is 2.04. The van der Waals surface area contributed by atoms with Crippen molar-refractivity contribution < 1.29 is 14.6 Å². The number of nitrogens with one attached hydrogen (secondary N) is 1. The number of amides is 1. The molecule has 0 aliphatic heterocycles. The van der Waals surface area contributed by atoms with Gasteiger partial charge in [-0.15, -0.1) is 0 Å². The second kappa shape index (κ2) is 8.04. The lowest BCUT2D eigenvalue weighted by Crippen LogP contribution is -2.19. The van der Waals surface area contributed by atoms with E-state index >= 15 is 0 Å². The fourth-order valence-corrected chi connectivity index (χ4v) is 2.19. The number of aromatic hydroxyl groups is 1. The number of pyridine rings is 1. The molecule has 0 saturated heterocycles. The van der Waals surface area contributed by atoms with Crippen LogP contribution in [0.5, 0.6) is 11.5 Å². The van der Waals surface area contributed by atoms with Gasteiger partial charge in [0, 0.05) is 11.8 Å². The van der Waals surface area contributed by atoms with Gasteiger partial charge < -0.3 is 9.84 Å². The Balaban J connectivity index is 1.85. The van der Waals surface area contributed by atoms with Crippen molar-refractivity contribution in [3.63, 3.8) is 0 Å². The molecule has 2 N–H and O–H groups in total. The van der Waals surface area contributed by atoms with Crippen LogP contribution in [0.15, 0.2) is 52.7 Å². The maximum Gasteiger partial charge on any atom is 0.250 e. The van der Waals surface area contributed by atoms with Crippen LogP contribution < -0.4 is 10.2 Å². The number of nitrogens with zero attached hydrogens (tertiary/aromatic N) is 2. The number of methoxy groups -OCH3 is 1. The van der Waals surface area contributed by atoms with E-state index in [2.05, 4.69) is 15.5 Å². The third-order valence-corrected chi connectivity index (χ3v) is 3.56. The highest BCUT2D eigenvalue weighted by Gasteiger charge is 2.03. The van der Waals surface area contributed by atoms with Crippen molar-refractivity contribution in [3.8, 4) is 11.5 Å². The first-order chi connectivity index (χ1) is 10.7. The van der Waals surface area contributed by atoms with Crippen LogP contribution in [0.4, 0.5) is 0 Å². The first-order valence-electron chi connectivity index (χ1n) is 6.42. The number of phenolic OH excluding ortho intramolecular Hbond substituents is 1. The van der Waals surface area contributed by atoms with Gasteiger partial charge in [0.25, 0.3) is 0 Å². The lowest BCUT2D eigenvalue weighted by molar-refractivity contribution is -0.118. The summed E-state index contributed by atoms with van der Waals surface area (Å²) in [4.78, 5) is 15.8. The van der Waals surface area contributed by atoms with Crippen molar-refractivity contribution in [2.24, 2.45) is 5.10 Å². The number of benzene rings is 1. The number of aromatic nitrogens is 1. The van der Waals surface area contributed by atoms with Gasteiger partial charge in [0.2, 0.25) is 5.91 Å². The van der Waals surface area contributed by atoms with Crippen molar-refractivity contribution >= 4 is 23.9 Å². The van der Waals surface area contributed by atoms with Crippen LogP contribution in [0.3, 0.4) is 0 Å². The minimum absolute atomic E-state index is 0.0571. The summed E-state index contributed by atoms with van der Waals surface area (Å²) in [5.41, 5.74) is 2.85. The Bertz CT molecular complexity index is 662. The van der Waals surface area contributed by atoms with Crippen LogP contribution >= 0.6 is 11.8 Å². The number of ether oxygens (including phenoxy) is 1. The maximum atomic E-state index is 11.7. The molecule has 0 saturated carbocycles. The molecule has 0 bridgehead atoms. The van der Waals surface area contributed by atoms with Crippen LogP contribution in [0.25, 0.3) is 0 Å². The largest absolute Gasteiger partial charge is 0.507 e. The Morgan fingerprint density at radius 3 is 3.05 bits per heavy atom. The van der Waals surface area contributed by atoms with E-state index in [1.807, 2.05) is 18.2 Å². The summed E-state index contributed by atoms with van der Waals surface area (Å²) >= 11 is 1.32. The fourth-order valence-electron chi connectivity index (χ4n) is 1.54. The third-order valence-electron chi connectivity index (χ3n) is 2.62. The van der Waals surface area contributed by atoms with E-state index in [1.165, 1.54) is 31.2 Å². The quantitative estimate of drug-likeness (QED) is 0.484. The van der Waals surface area contributed by atoms with Gasteiger partial charge in [-0.2, -0.15) is 5.10 Å². The molecule has 0 unspecified atom stereocenters. The normalized spacial score (nSPS) is 10.6. The summed E-state index contributed by atoms with van der Waals surface area (Å²) in [7, 11) is 1.53. The van der Waals surface area contributed by atoms with E-state index in [4.69, 9.17) is 4.74 Å². The molecule has 1 aromatic carbocycles. The van der Waals surface area contributed by atoms with E-state index in [1.54, 1.807) is 18.3 Å². The SMILES string of the molecule is COc1ccc(O)c(/C=N\NC(=O)CSc2ccccn2)c1.